The summed E-state index contributed by atoms with van der Waals surface area (Å²) in [5.41, 5.74) is 1.15. The molecule has 2 N–H and O–H groups in total. The Bertz CT molecular complexity index is 295. The maximum absolute atomic E-state index is 10.8. The number of nitrogens with one attached hydrogen (secondary N) is 2. The van der Waals surface area contributed by atoms with Crippen LogP contribution >= 0.6 is 0 Å². The Balaban J connectivity index is 2.59. The highest BCUT2D eigenvalue weighted by atomic mass is 16.5. The van der Waals surface area contributed by atoms with E-state index in [1.54, 1.807) is 12.1 Å². The van der Waals surface area contributed by atoms with Crippen LogP contribution in [0.2, 0.25) is 0 Å². The van der Waals surface area contributed by atoms with E-state index in [-0.39, 0.29) is 0 Å². The second kappa shape index (κ2) is 5.24. The summed E-state index contributed by atoms with van der Waals surface area (Å²) in [6, 6.07) is 7.35. The molecule has 0 saturated carbocycles. The van der Waals surface area contributed by atoms with E-state index in [0.717, 1.165) is 12.1 Å². The van der Waals surface area contributed by atoms with Crippen molar-refractivity contribution < 1.29 is 9.53 Å². The standard InChI is InChI=1S/C10H14N2O2/c1-11-7-8-3-5-9(6-4-8)14-10(13)12-2/h3-6,11H,7H2,1-2H3,(H,12,13). The maximum Gasteiger partial charge on any atom is 0.412 e. The van der Waals surface area contributed by atoms with Crippen LogP contribution in [-0.4, -0.2) is 20.2 Å². The molecule has 1 rings (SSSR count). The van der Waals surface area contributed by atoms with Crippen LogP contribution in [0.5, 0.6) is 5.75 Å². The molecule has 0 unspecified atom stereocenters. The van der Waals surface area contributed by atoms with Crippen LogP contribution in [0.15, 0.2) is 24.3 Å². The van der Waals surface area contributed by atoms with Crippen molar-refractivity contribution in [3.05, 3.63) is 29.8 Å². The molecule has 0 aromatic heterocycles. The van der Waals surface area contributed by atoms with Crippen molar-refractivity contribution >= 4 is 6.09 Å². The number of carbonyl (C=O) groups is 1. The Hall–Kier alpha value is -1.55. The number of benzene rings is 1. The van der Waals surface area contributed by atoms with Crippen molar-refractivity contribution in [2.45, 2.75) is 6.54 Å². The number of hydrogen-bond donors (Lipinski definition) is 2. The average molecular weight is 194 g/mol. The van der Waals surface area contributed by atoms with E-state index in [1.165, 1.54) is 7.05 Å². The monoisotopic (exact) mass is 194 g/mol. The average Bonchev–Trinajstić information content (AvgIpc) is 2.21. The Morgan fingerprint density at radius 3 is 2.43 bits per heavy atom. The molecular formula is C10H14N2O2. The lowest BCUT2D eigenvalue weighted by Crippen LogP contribution is -2.22. The van der Waals surface area contributed by atoms with Gasteiger partial charge >= 0.3 is 6.09 Å². The molecule has 4 heteroatoms. The molecule has 0 aliphatic carbocycles. The van der Waals surface area contributed by atoms with Crippen LogP contribution in [0.1, 0.15) is 5.56 Å². The quantitative estimate of drug-likeness (QED) is 0.758. The van der Waals surface area contributed by atoms with Crippen LogP contribution < -0.4 is 15.4 Å². The predicted octanol–water partition coefficient (Wildman–Crippen LogP) is 1.12. The van der Waals surface area contributed by atoms with Gasteiger partial charge in [-0.3, -0.25) is 0 Å². The molecule has 0 saturated heterocycles. The first-order chi connectivity index (χ1) is 6.76. The van der Waals surface area contributed by atoms with E-state index in [9.17, 15) is 4.79 Å². The van der Waals surface area contributed by atoms with Gasteiger partial charge in [-0.15, -0.1) is 0 Å². The van der Waals surface area contributed by atoms with Crippen LogP contribution in [0.25, 0.3) is 0 Å². The summed E-state index contributed by atoms with van der Waals surface area (Å²) in [4.78, 5) is 10.8. The second-order valence-electron chi connectivity index (χ2n) is 2.81. The third-order valence-electron chi connectivity index (χ3n) is 1.72. The molecule has 0 bridgehead atoms. The first kappa shape index (κ1) is 10.5. The summed E-state index contributed by atoms with van der Waals surface area (Å²) in [6.45, 7) is 0.806. The van der Waals surface area contributed by atoms with Crippen molar-refractivity contribution in [2.75, 3.05) is 14.1 Å². The van der Waals surface area contributed by atoms with Gasteiger partial charge in [-0.1, -0.05) is 12.1 Å². The van der Waals surface area contributed by atoms with E-state index in [2.05, 4.69) is 10.6 Å². The summed E-state index contributed by atoms with van der Waals surface area (Å²) in [7, 11) is 3.41. The normalized spacial score (nSPS) is 9.57. The highest BCUT2D eigenvalue weighted by molar-refractivity contribution is 5.69. The molecule has 4 nitrogen and oxygen atoms in total. The summed E-state index contributed by atoms with van der Waals surface area (Å²) >= 11 is 0. The molecule has 0 spiro atoms. The van der Waals surface area contributed by atoms with E-state index in [0.29, 0.717) is 5.75 Å². The molecule has 0 aliphatic rings. The van der Waals surface area contributed by atoms with Crippen molar-refractivity contribution in [3.63, 3.8) is 0 Å². The van der Waals surface area contributed by atoms with Gasteiger partial charge in [0.15, 0.2) is 0 Å². The first-order valence-corrected chi connectivity index (χ1v) is 4.39. The lowest BCUT2D eigenvalue weighted by atomic mass is 10.2. The fraction of sp³-hybridized carbons (Fsp3) is 0.300. The van der Waals surface area contributed by atoms with Crippen LogP contribution in [0, 0.1) is 0 Å². The van der Waals surface area contributed by atoms with Crippen LogP contribution in [-0.2, 0) is 6.54 Å². The molecular weight excluding hydrogens is 180 g/mol. The Labute approximate surface area is 83.3 Å². The largest absolute Gasteiger partial charge is 0.412 e. The molecule has 1 amide bonds. The third kappa shape index (κ3) is 3.06. The van der Waals surface area contributed by atoms with Gasteiger partial charge in [0.25, 0.3) is 0 Å². The van der Waals surface area contributed by atoms with Crippen LogP contribution in [0.4, 0.5) is 4.79 Å². The minimum Gasteiger partial charge on any atom is -0.410 e. The zero-order valence-electron chi connectivity index (χ0n) is 8.33. The smallest absolute Gasteiger partial charge is 0.410 e. The van der Waals surface area contributed by atoms with Gasteiger partial charge in [-0.25, -0.2) is 4.79 Å². The van der Waals surface area contributed by atoms with Crippen molar-refractivity contribution in [1.82, 2.24) is 10.6 Å². The fourth-order valence-electron chi connectivity index (χ4n) is 1.04. The molecule has 0 fully saturated rings. The molecule has 0 atom stereocenters. The minimum absolute atomic E-state index is 0.452. The predicted molar refractivity (Wildman–Crippen MR) is 54.3 cm³/mol. The zero-order chi connectivity index (χ0) is 10.4. The molecule has 0 radical (unpaired) electrons. The van der Waals surface area contributed by atoms with Gasteiger partial charge in [-0.2, -0.15) is 0 Å². The first-order valence-electron chi connectivity index (χ1n) is 4.39. The van der Waals surface area contributed by atoms with Gasteiger partial charge in [0.1, 0.15) is 5.75 Å². The summed E-state index contributed by atoms with van der Waals surface area (Å²) < 4.78 is 4.93. The van der Waals surface area contributed by atoms with E-state index < -0.39 is 6.09 Å². The molecule has 0 aliphatic heterocycles. The van der Waals surface area contributed by atoms with E-state index in [4.69, 9.17) is 4.74 Å². The lowest BCUT2D eigenvalue weighted by Gasteiger charge is -2.04. The van der Waals surface area contributed by atoms with Crippen molar-refractivity contribution in [1.29, 1.82) is 0 Å². The molecule has 14 heavy (non-hydrogen) atoms. The topological polar surface area (TPSA) is 50.4 Å². The van der Waals surface area contributed by atoms with Gasteiger partial charge in [0, 0.05) is 13.6 Å². The van der Waals surface area contributed by atoms with Crippen molar-refractivity contribution in [3.8, 4) is 5.75 Å². The Morgan fingerprint density at radius 2 is 1.93 bits per heavy atom. The Morgan fingerprint density at radius 1 is 1.29 bits per heavy atom. The number of ether oxygens (including phenoxy) is 1. The minimum atomic E-state index is -0.452. The van der Waals surface area contributed by atoms with E-state index in [1.807, 2.05) is 19.2 Å². The van der Waals surface area contributed by atoms with Crippen molar-refractivity contribution in [2.24, 2.45) is 0 Å². The number of rotatable bonds is 3. The highest BCUT2D eigenvalue weighted by Gasteiger charge is 2.00. The fourth-order valence-corrected chi connectivity index (χ4v) is 1.04. The lowest BCUT2D eigenvalue weighted by molar-refractivity contribution is 0.203. The second-order valence-corrected chi connectivity index (χ2v) is 2.81. The summed E-state index contributed by atoms with van der Waals surface area (Å²) in [5.74, 6) is 0.546. The number of hydrogen-bond acceptors (Lipinski definition) is 3. The maximum atomic E-state index is 10.8. The zero-order valence-corrected chi connectivity index (χ0v) is 8.33. The number of carbonyl (C=O) groups excluding carboxylic acids is 1. The molecule has 1 aromatic carbocycles. The highest BCUT2D eigenvalue weighted by Crippen LogP contribution is 2.11. The summed E-state index contributed by atoms with van der Waals surface area (Å²) in [5, 5.41) is 5.42. The summed E-state index contributed by atoms with van der Waals surface area (Å²) in [6.07, 6.45) is -0.452. The molecule has 0 heterocycles. The SMILES string of the molecule is CNCc1ccc(OC(=O)NC)cc1. The third-order valence-corrected chi connectivity index (χ3v) is 1.72. The molecule has 76 valence electrons. The van der Waals surface area contributed by atoms with Gasteiger partial charge in [0.2, 0.25) is 0 Å². The Kier molecular flexibility index (Phi) is 3.94. The van der Waals surface area contributed by atoms with Gasteiger partial charge in [-0.05, 0) is 24.7 Å². The van der Waals surface area contributed by atoms with E-state index >= 15 is 0 Å². The molecule has 1 aromatic rings. The van der Waals surface area contributed by atoms with Gasteiger partial charge in [0.05, 0.1) is 0 Å². The number of amides is 1. The van der Waals surface area contributed by atoms with Crippen LogP contribution in [0.3, 0.4) is 0 Å². The van der Waals surface area contributed by atoms with Gasteiger partial charge < -0.3 is 15.4 Å².